The molecule has 18 heavy (non-hydrogen) atoms. The van der Waals surface area contributed by atoms with Gasteiger partial charge in [-0.1, -0.05) is 0 Å². The largest absolute Gasteiger partial charge is 0.378 e. The number of morpholine rings is 1. The van der Waals surface area contributed by atoms with Crippen LogP contribution in [0.25, 0.3) is 10.8 Å². The quantitative estimate of drug-likeness (QED) is 0.752. The van der Waals surface area contributed by atoms with Crippen molar-refractivity contribution in [1.29, 1.82) is 5.26 Å². The third-order valence-electron chi connectivity index (χ3n) is 3.10. The number of nitrogens with zero attached hydrogens (tertiary/aromatic N) is 4. The van der Waals surface area contributed by atoms with Crippen molar-refractivity contribution < 1.29 is 4.74 Å². The summed E-state index contributed by atoms with van der Waals surface area (Å²) >= 11 is 0. The van der Waals surface area contributed by atoms with Gasteiger partial charge in [-0.3, -0.25) is 4.98 Å². The summed E-state index contributed by atoms with van der Waals surface area (Å²) in [5, 5.41) is 10.9. The number of nitriles is 1. The number of anilines is 1. The Morgan fingerprint density at radius 2 is 2.06 bits per heavy atom. The van der Waals surface area contributed by atoms with Gasteiger partial charge in [-0.15, -0.1) is 0 Å². The normalized spacial score (nSPS) is 15.6. The molecule has 0 amide bonds. The minimum absolute atomic E-state index is 0.587. The summed E-state index contributed by atoms with van der Waals surface area (Å²) in [5.41, 5.74) is 0.587. The molecule has 1 aliphatic rings. The van der Waals surface area contributed by atoms with E-state index in [0.717, 1.165) is 29.7 Å². The summed E-state index contributed by atoms with van der Waals surface area (Å²) in [6.45, 7) is 3.07. The van der Waals surface area contributed by atoms with Crippen LogP contribution in [-0.2, 0) is 4.74 Å². The van der Waals surface area contributed by atoms with Gasteiger partial charge in [0, 0.05) is 42.5 Å². The zero-order valence-electron chi connectivity index (χ0n) is 9.83. The van der Waals surface area contributed by atoms with Crippen LogP contribution in [0.2, 0.25) is 0 Å². The molecular weight excluding hydrogens is 228 g/mol. The number of rotatable bonds is 1. The summed E-state index contributed by atoms with van der Waals surface area (Å²) < 4.78 is 5.34. The maximum Gasteiger partial charge on any atom is 0.138 e. The highest BCUT2D eigenvalue weighted by atomic mass is 16.5. The van der Waals surface area contributed by atoms with Gasteiger partial charge < -0.3 is 9.64 Å². The Bertz CT molecular complexity index is 614. The van der Waals surface area contributed by atoms with Crippen LogP contribution >= 0.6 is 0 Å². The van der Waals surface area contributed by atoms with E-state index >= 15 is 0 Å². The van der Waals surface area contributed by atoms with Gasteiger partial charge in [0.25, 0.3) is 0 Å². The van der Waals surface area contributed by atoms with Crippen LogP contribution in [0, 0.1) is 11.3 Å². The highest BCUT2D eigenvalue weighted by Gasteiger charge is 2.16. The van der Waals surface area contributed by atoms with Crippen molar-refractivity contribution in [3.63, 3.8) is 0 Å². The second-order valence-corrected chi connectivity index (χ2v) is 4.13. The molecule has 0 N–H and O–H groups in total. The van der Waals surface area contributed by atoms with Crippen LogP contribution in [0.3, 0.4) is 0 Å². The van der Waals surface area contributed by atoms with Gasteiger partial charge in [-0.05, 0) is 6.07 Å². The number of pyridine rings is 2. The molecule has 0 bridgehead atoms. The van der Waals surface area contributed by atoms with Crippen LogP contribution in [0.1, 0.15) is 5.56 Å². The van der Waals surface area contributed by atoms with Gasteiger partial charge in [0.1, 0.15) is 11.9 Å². The molecule has 90 valence electrons. The number of hydrogen-bond donors (Lipinski definition) is 0. The number of hydrogen-bond acceptors (Lipinski definition) is 5. The number of ether oxygens (including phenoxy) is 1. The van der Waals surface area contributed by atoms with E-state index in [1.807, 2.05) is 6.07 Å². The molecule has 1 saturated heterocycles. The fourth-order valence-corrected chi connectivity index (χ4v) is 2.19. The fourth-order valence-electron chi connectivity index (χ4n) is 2.19. The van der Waals surface area contributed by atoms with Crippen molar-refractivity contribution in [1.82, 2.24) is 9.97 Å². The lowest BCUT2D eigenvalue weighted by Crippen LogP contribution is -2.36. The summed E-state index contributed by atoms with van der Waals surface area (Å²) in [7, 11) is 0. The SMILES string of the molecule is N#Cc1cnc(N2CCOCC2)c2cnccc12. The topological polar surface area (TPSA) is 62.0 Å². The maximum absolute atomic E-state index is 9.09. The smallest absolute Gasteiger partial charge is 0.138 e. The first-order valence-corrected chi connectivity index (χ1v) is 5.85. The molecule has 1 fully saturated rings. The highest BCUT2D eigenvalue weighted by Crippen LogP contribution is 2.26. The van der Waals surface area contributed by atoms with Crippen molar-refractivity contribution >= 4 is 16.6 Å². The molecule has 2 aromatic heterocycles. The van der Waals surface area contributed by atoms with E-state index in [1.165, 1.54) is 0 Å². The Hall–Kier alpha value is -2.19. The summed E-state index contributed by atoms with van der Waals surface area (Å²) in [5.74, 6) is 0.889. The molecule has 5 nitrogen and oxygen atoms in total. The first kappa shape index (κ1) is 10.9. The molecule has 2 aromatic rings. The minimum Gasteiger partial charge on any atom is -0.378 e. The zero-order valence-corrected chi connectivity index (χ0v) is 9.83. The molecule has 0 radical (unpaired) electrons. The van der Waals surface area contributed by atoms with E-state index in [1.54, 1.807) is 18.6 Å². The molecule has 0 aliphatic carbocycles. The summed E-state index contributed by atoms with van der Waals surface area (Å²) in [6, 6.07) is 4.03. The third kappa shape index (κ3) is 1.77. The number of aromatic nitrogens is 2. The van der Waals surface area contributed by atoms with E-state index < -0.39 is 0 Å². The molecule has 3 heterocycles. The lowest BCUT2D eigenvalue weighted by Gasteiger charge is -2.28. The van der Waals surface area contributed by atoms with Crippen molar-refractivity contribution in [2.75, 3.05) is 31.2 Å². The third-order valence-corrected chi connectivity index (χ3v) is 3.10. The molecule has 0 spiro atoms. The van der Waals surface area contributed by atoms with Crippen LogP contribution in [0.15, 0.2) is 24.7 Å². The van der Waals surface area contributed by atoms with E-state index in [9.17, 15) is 0 Å². The van der Waals surface area contributed by atoms with Crippen LogP contribution in [0.4, 0.5) is 5.82 Å². The van der Waals surface area contributed by atoms with E-state index in [4.69, 9.17) is 10.00 Å². The van der Waals surface area contributed by atoms with Gasteiger partial charge in [-0.2, -0.15) is 5.26 Å². The summed E-state index contributed by atoms with van der Waals surface area (Å²) in [6.07, 6.45) is 5.10. The van der Waals surface area contributed by atoms with Gasteiger partial charge in [0.05, 0.1) is 18.8 Å². The Morgan fingerprint density at radius 1 is 1.22 bits per heavy atom. The summed E-state index contributed by atoms with van der Waals surface area (Å²) in [4.78, 5) is 10.7. The number of fused-ring (bicyclic) bond motifs is 1. The van der Waals surface area contributed by atoms with E-state index in [0.29, 0.717) is 18.8 Å². The molecule has 0 saturated carbocycles. The maximum atomic E-state index is 9.09. The Morgan fingerprint density at radius 3 is 2.83 bits per heavy atom. The molecular formula is C13H12N4O. The van der Waals surface area contributed by atoms with Gasteiger partial charge in [0.2, 0.25) is 0 Å². The average molecular weight is 240 g/mol. The van der Waals surface area contributed by atoms with Crippen LogP contribution < -0.4 is 4.90 Å². The predicted octanol–water partition coefficient (Wildman–Crippen LogP) is 1.34. The second-order valence-electron chi connectivity index (χ2n) is 4.13. The van der Waals surface area contributed by atoms with Crippen molar-refractivity contribution in [2.45, 2.75) is 0 Å². The molecule has 5 heteroatoms. The van der Waals surface area contributed by atoms with Crippen molar-refractivity contribution in [3.8, 4) is 6.07 Å². The zero-order chi connectivity index (χ0) is 12.4. The first-order chi connectivity index (χ1) is 8.90. The lowest BCUT2D eigenvalue weighted by atomic mass is 10.1. The first-order valence-electron chi connectivity index (χ1n) is 5.85. The van der Waals surface area contributed by atoms with Gasteiger partial charge in [-0.25, -0.2) is 4.98 Å². The van der Waals surface area contributed by atoms with Crippen molar-refractivity contribution in [2.24, 2.45) is 0 Å². The molecule has 1 aliphatic heterocycles. The Labute approximate surface area is 105 Å². The average Bonchev–Trinajstić information content (AvgIpc) is 2.47. The van der Waals surface area contributed by atoms with Crippen LogP contribution in [0.5, 0.6) is 0 Å². The van der Waals surface area contributed by atoms with Gasteiger partial charge >= 0.3 is 0 Å². The van der Waals surface area contributed by atoms with Gasteiger partial charge in [0.15, 0.2) is 0 Å². The molecule has 3 rings (SSSR count). The Balaban J connectivity index is 2.15. The molecule has 0 unspecified atom stereocenters. The van der Waals surface area contributed by atoms with E-state index in [-0.39, 0.29) is 0 Å². The molecule has 0 aromatic carbocycles. The molecule has 0 atom stereocenters. The van der Waals surface area contributed by atoms with E-state index in [2.05, 4.69) is 20.9 Å². The Kier molecular flexibility index (Phi) is 2.79. The lowest BCUT2D eigenvalue weighted by molar-refractivity contribution is 0.122. The van der Waals surface area contributed by atoms with Crippen LogP contribution in [-0.4, -0.2) is 36.3 Å². The highest BCUT2D eigenvalue weighted by molar-refractivity contribution is 5.95. The standard InChI is InChI=1S/C13H12N4O/c14-7-10-8-16-13(17-3-5-18-6-4-17)12-9-15-2-1-11(10)12/h1-2,8-9H,3-6H2. The second kappa shape index (κ2) is 4.59. The predicted molar refractivity (Wildman–Crippen MR) is 67.3 cm³/mol. The fraction of sp³-hybridized carbons (Fsp3) is 0.308. The van der Waals surface area contributed by atoms with Crippen molar-refractivity contribution in [3.05, 3.63) is 30.2 Å². The minimum atomic E-state index is 0.587. The monoisotopic (exact) mass is 240 g/mol.